The van der Waals surface area contributed by atoms with E-state index >= 15 is 0 Å². The van der Waals surface area contributed by atoms with Crippen molar-refractivity contribution < 1.29 is 9.48 Å². The van der Waals surface area contributed by atoms with Crippen molar-refractivity contribution in [3.63, 3.8) is 0 Å². The van der Waals surface area contributed by atoms with E-state index in [0.717, 1.165) is 38.0 Å². The van der Waals surface area contributed by atoms with E-state index in [1.165, 1.54) is 5.69 Å². The second-order valence-corrected chi connectivity index (χ2v) is 8.01. The molecule has 0 radical (unpaired) electrons. The second kappa shape index (κ2) is 5.43. The molecule has 2 rings (SSSR count). The average molecular weight is 293 g/mol. The smallest absolute Gasteiger partial charge is 0.227 e. The average Bonchev–Trinajstić information content (AvgIpc) is 2.69. The fourth-order valence-electron chi connectivity index (χ4n) is 2.84. The molecule has 1 aliphatic rings. The lowest BCUT2D eigenvalue weighted by atomic mass is 9.94. The first-order valence-electron chi connectivity index (χ1n) is 7.89. The normalized spacial score (nSPS) is 17.1. The number of aryl methyl sites for hydroxylation is 1. The lowest BCUT2D eigenvalue weighted by molar-refractivity contribution is -0.811. The molecule has 0 unspecified atom stereocenters. The molecule has 1 N–H and O–H groups in total. The van der Waals surface area contributed by atoms with Gasteiger partial charge in [0.1, 0.15) is 5.54 Å². The monoisotopic (exact) mass is 293 g/mol. The van der Waals surface area contributed by atoms with Gasteiger partial charge in [-0.1, -0.05) is 26.0 Å². The highest BCUT2D eigenvalue weighted by molar-refractivity contribution is 5.81. The Morgan fingerprint density at radius 1 is 1.14 bits per heavy atom. The predicted octanol–water partition coefficient (Wildman–Crippen LogP) is 1.82. The van der Waals surface area contributed by atoms with E-state index in [1.54, 1.807) is 0 Å². The van der Waals surface area contributed by atoms with Crippen LogP contribution in [0.4, 0.5) is 0 Å². The molecule has 5 nitrogen and oxygen atoms in total. The second-order valence-electron chi connectivity index (χ2n) is 8.01. The van der Waals surface area contributed by atoms with E-state index in [1.807, 2.05) is 25.7 Å². The summed E-state index contributed by atoms with van der Waals surface area (Å²) >= 11 is 0. The summed E-state index contributed by atoms with van der Waals surface area (Å²) in [4.78, 5) is 14.5. The van der Waals surface area contributed by atoms with Crippen LogP contribution in [0.1, 0.15) is 59.4 Å². The van der Waals surface area contributed by atoms with Crippen LogP contribution in [0.15, 0.2) is 0 Å². The molecule has 118 valence electrons. The molecule has 0 atom stereocenters. The lowest BCUT2D eigenvalue weighted by Crippen LogP contribution is -2.55. The minimum atomic E-state index is -0.307. The first-order valence-corrected chi connectivity index (χ1v) is 7.89. The fourth-order valence-corrected chi connectivity index (χ4v) is 2.84. The first kappa shape index (κ1) is 16.0. The van der Waals surface area contributed by atoms with Crippen LogP contribution in [0, 0.1) is 5.41 Å². The number of fused-ring (bicyclic) bond motifs is 1. The lowest BCUT2D eigenvalue weighted by Gasteiger charge is -2.30. The molecule has 1 aromatic heterocycles. The van der Waals surface area contributed by atoms with E-state index < -0.39 is 0 Å². The number of nitrogens with zero attached hydrogens (tertiary/aromatic N) is 3. The van der Waals surface area contributed by atoms with Crippen LogP contribution >= 0.6 is 0 Å². The molecule has 2 heterocycles. The maximum atomic E-state index is 12.5. The van der Waals surface area contributed by atoms with Crippen molar-refractivity contribution in [2.75, 3.05) is 13.1 Å². The van der Waals surface area contributed by atoms with Gasteiger partial charge in [0.05, 0.1) is 0 Å². The molecular formula is C16H29N4O+. The van der Waals surface area contributed by atoms with E-state index in [4.69, 9.17) is 0 Å². The number of rotatable bonds is 0. The van der Waals surface area contributed by atoms with Crippen molar-refractivity contribution in [1.29, 1.82) is 0 Å². The zero-order valence-electron chi connectivity index (χ0n) is 14.3. The largest absolute Gasteiger partial charge is 0.342 e. The van der Waals surface area contributed by atoms with Crippen molar-refractivity contribution in [2.24, 2.45) is 5.41 Å². The summed E-state index contributed by atoms with van der Waals surface area (Å²) in [6, 6.07) is 0. The maximum Gasteiger partial charge on any atom is 0.227 e. The summed E-state index contributed by atoms with van der Waals surface area (Å²) in [6.07, 6.45) is 2.78. The summed E-state index contributed by atoms with van der Waals surface area (Å²) in [5, 5.41) is 7.63. The Kier molecular flexibility index (Phi) is 4.13. The Labute approximate surface area is 127 Å². The van der Waals surface area contributed by atoms with Gasteiger partial charge in [0.2, 0.25) is 11.6 Å². The molecule has 0 aliphatic carbocycles. The third kappa shape index (κ3) is 3.44. The van der Waals surface area contributed by atoms with E-state index in [-0.39, 0.29) is 16.9 Å². The molecule has 0 saturated heterocycles. The zero-order valence-corrected chi connectivity index (χ0v) is 14.3. The Morgan fingerprint density at radius 2 is 1.81 bits per heavy atom. The molecule has 1 amide bonds. The molecule has 0 fully saturated rings. The number of H-pyrrole nitrogens is 1. The summed E-state index contributed by atoms with van der Waals surface area (Å²) < 4.78 is 2.15. The van der Waals surface area contributed by atoms with Crippen molar-refractivity contribution in [3.8, 4) is 0 Å². The van der Waals surface area contributed by atoms with Gasteiger partial charge in [-0.05, 0) is 27.2 Å². The molecule has 0 bridgehead atoms. The number of carbonyl (C=O) groups excluding carboxylic acids is 1. The standard InChI is InChI=1S/C16H28N4O/c1-15(2,3)14(21)19-10-7-8-12-13(9-11-19)20(18-17-12)16(4,5)6/h7-11H2,1-6H3/p+1. The zero-order chi connectivity index (χ0) is 15.8. The Balaban J connectivity index is 2.22. The Morgan fingerprint density at radius 3 is 2.38 bits per heavy atom. The number of aromatic amines is 1. The number of nitrogens with one attached hydrogen (secondary N) is 1. The highest BCUT2D eigenvalue weighted by Gasteiger charge is 2.33. The number of hydrogen-bond acceptors (Lipinski definition) is 2. The van der Waals surface area contributed by atoms with Crippen molar-refractivity contribution in [2.45, 2.75) is 66.3 Å². The first-order chi connectivity index (χ1) is 9.60. The van der Waals surface area contributed by atoms with Crippen LogP contribution in [0.2, 0.25) is 0 Å². The van der Waals surface area contributed by atoms with Gasteiger partial charge in [0, 0.05) is 36.4 Å². The SMILES string of the molecule is CC(C)(C)C(=O)N1CCCc2n[nH][n+](C(C)(C)C)c2CC1. The molecule has 0 spiro atoms. The van der Waals surface area contributed by atoms with E-state index in [2.05, 4.69) is 35.8 Å². The highest BCUT2D eigenvalue weighted by Crippen LogP contribution is 2.20. The molecule has 1 aromatic rings. The van der Waals surface area contributed by atoms with Gasteiger partial charge in [0.25, 0.3) is 0 Å². The topological polar surface area (TPSA) is 52.9 Å². The summed E-state index contributed by atoms with van der Waals surface area (Å²) in [5.41, 5.74) is 2.08. The predicted molar refractivity (Wildman–Crippen MR) is 81.8 cm³/mol. The quantitative estimate of drug-likeness (QED) is 0.742. The van der Waals surface area contributed by atoms with Crippen LogP contribution in [-0.2, 0) is 23.2 Å². The van der Waals surface area contributed by atoms with Crippen LogP contribution in [-0.4, -0.2) is 34.2 Å². The van der Waals surface area contributed by atoms with Gasteiger partial charge in [-0.15, -0.1) is 0 Å². The van der Waals surface area contributed by atoms with Crippen LogP contribution < -0.4 is 4.68 Å². The summed E-state index contributed by atoms with van der Waals surface area (Å²) in [6.45, 7) is 14.1. The number of carbonyl (C=O) groups is 1. The van der Waals surface area contributed by atoms with Crippen LogP contribution in [0.25, 0.3) is 0 Å². The van der Waals surface area contributed by atoms with Crippen LogP contribution in [0.5, 0.6) is 0 Å². The fraction of sp³-hybridized carbons (Fsp3) is 0.812. The van der Waals surface area contributed by atoms with Gasteiger partial charge in [-0.2, -0.15) is 4.68 Å². The maximum absolute atomic E-state index is 12.5. The van der Waals surface area contributed by atoms with E-state index in [9.17, 15) is 4.79 Å². The molecule has 21 heavy (non-hydrogen) atoms. The molecule has 1 aliphatic heterocycles. The molecular weight excluding hydrogens is 264 g/mol. The summed E-state index contributed by atoms with van der Waals surface area (Å²) in [7, 11) is 0. The van der Waals surface area contributed by atoms with Gasteiger partial charge >= 0.3 is 0 Å². The van der Waals surface area contributed by atoms with Crippen molar-refractivity contribution in [3.05, 3.63) is 11.4 Å². The number of hydrogen-bond donors (Lipinski definition) is 1. The Hall–Kier alpha value is -1.39. The van der Waals surface area contributed by atoms with Gasteiger partial charge in [-0.3, -0.25) is 4.79 Å². The van der Waals surface area contributed by atoms with E-state index in [0.29, 0.717) is 0 Å². The minimum Gasteiger partial charge on any atom is -0.342 e. The molecule has 5 heteroatoms. The Bertz CT molecular complexity index is 519. The third-order valence-corrected chi connectivity index (χ3v) is 3.95. The number of amides is 1. The van der Waals surface area contributed by atoms with Gasteiger partial charge < -0.3 is 4.90 Å². The summed E-state index contributed by atoms with van der Waals surface area (Å²) in [5.74, 6) is 0.247. The molecule has 0 saturated carbocycles. The highest BCUT2D eigenvalue weighted by atomic mass is 16.2. The van der Waals surface area contributed by atoms with Crippen LogP contribution in [0.3, 0.4) is 0 Å². The van der Waals surface area contributed by atoms with Gasteiger partial charge in [-0.25, -0.2) is 0 Å². The van der Waals surface area contributed by atoms with Crippen molar-refractivity contribution in [1.82, 2.24) is 15.2 Å². The minimum absolute atomic E-state index is 0.0152. The third-order valence-electron chi connectivity index (χ3n) is 3.95. The number of aromatic nitrogens is 3. The van der Waals surface area contributed by atoms with Gasteiger partial charge in [0.15, 0.2) is 5.69 Å². The molecule has 0 aromatic carbocycles. The van der Waals surface area contributed by atoms with Crippen molar-refractivity contribution >= 4 is 5.91 Å².